The second kappa shape index (κ2) is 8.92. The number of ether oxygens (including phenoxy) is 2. The summed E-state index contributed by atoms with van der Waals surface area (Å²) in [5.41, 5.74) is 1.36. The van der Waals surface area contributed by atoms with Crippen LogP contribution in [-0.2, 0) is 6.42 Å². The largest absolute Gasteiger partial charge is 0.492 e. The lowest BCUT2D eigenvalue weighted by atomic mass is 10.1. The van der Waals surface area contributed by atoms with Crippen molar-refractivity contribution in [3.63, 3.8) is 0 Å². The van der Waals surface area contributed by atoms with Gasteiger partial charge in [0, 0.05) is 30.8 Å². The number of likely N-dealkylation sites (N-methyl/N-ethyl adjacent to an activating group) is 1. The number of hydrogen-bond acceptors (Lipinski definition) is 7. The van der Waals surface area contributed by atoms with Gasteiger partial charge in [0.1, 0.15) is 24.5 Å². The molecule has 2 heterocycles. The molecular formula is C18H24N4O2S. The summed E-state index contributed by atoms with van der Waals surface area (Å²) in [7, 11) is 3.57. The summed E-state index contributed by atoms with van der Waals surface area (Å²) >= 11 is 1.99. The first kappa shape index (κ1) is 17.8. The van der Waals surface area contributed by atoms with Gasteiger partial charge in [-0.1, -0.05) is 12.1 Å². The molecule has 1 fully saturated rings. The third kappa shape index (κ3) is 5.24. The fourth-order valence-electron chi connectivity index (χ4n) is 2.64. The van der Waals surface area contributed by atoms with E-state index in [9.17, 15) is 0 Å². The van der Waals surface area contributed by atoms with E-state index in [1.807, 2.05) is 29.8 Å². The van der Waals surface area contributed by atoms with Gasteiger partial charge in [0.25, 0.3) is 0 Å². The molecule has 0 amide bonds. The Hall–Kier alpha value is -1.99. The van der Waals surface area contributed by atoms with Crippen LogP contribution >= 0.6 is 11.8 Å². The molecule has 2 aromatic rings. The van der Waals surface area contributed by atoms with Gasteiger partial charge in [-0.05, 0) is 24.1 Å². The molecule has 134 valence electrons. The van der Waals surface area contributed by atoms with Crippen molar-refractivity contribution < 1.29 is 9.47 Å². The van der Waals surface area contributed by atoms with Crippen LogP contribution in [0.2, 0.25) is 0 Å². The Kier molecular flexibility index (Phi) is 6.36. The van der Waals surface area contributed by atoms with Crippen molar-refractivity contribution in [3.05, 3.63) is 42.2 Å². The Balaban J connectivity index is 1.44. The first-order chi connectivity index (χ1) is 12.2. The normalized spacial score (nSPS) is 16.6. The first-order valence-corrected chi connectivity index (χ1v) is 9.40. The number of rotatable bonds is 8. The molecule has 1 aliphatic heterocycles. The van der Waals surface area contributed by atoms with Crippen molar-refractivity contribution in [2.75, 3.05) is 44.6 Å². The summed E-state index contributed by atoms with van der Waals surface area (Å²) < 4.78 is 11.0. The second-order valence-corrected chi connectivity index (χ2v) is 7.21. The minimum atomic E-state index is 0.559. The number of aromatic nitrogens is 2. The summed E-state index contributed by atoms with van der Waals surface area (Å²) in [6.07, 6.45) is 2.61. The maximum absolute atomic E-state index is 5.85. The standard InChI is InChI=1S/C18H24N4O2S/c1-22(17-10-18(23-2)21-12-20-17)7-8-24-15-5-3-14(4-6-15)9-16-11-19-13-25-16/h3-6,10,12,16,19H,7-9,11,13H2,1-2H3. The summed E-state index contributed by atoms with van der Waals surface area (Å²) in [6, 6.07) is 10.2. The van der Waals surface area contributed by atoms with E-state index in [1.54, 1.807) is 7.11 Å². The van der Waals surface area contributed by atoms with Crippen LogP contribution < -0.4 is 19.7 Å². The number of benzene rings is 1. The average molecular weight is 360 g/mol. The van der Waals surface area contributed by atoms with E-state index >= 15 is 0 Å². The monoisotopic (exact) mass is 360 g/mol. The quantitative estimate of drug-likeness (QED) is 0.774. The van der Waals surface area contributed by atoms with E-state index in [2.05, 4.69) is 39.6 Å². The summed E-state index contributed by atoms with van der Waals surface area (Å²) in [6.45, 7) is 2.42. The predicted octanol–water partition coefficient (Wildman–Crippen LogP) is 2.21. The number of methoxy groups -OCH3 is 1. The third-order valence-corrected chi connectivity index (χ3v) is 5.28. The molecule has 1 aliphatic rings. The Labute approximate surface area is 153 Å². The lowest BCUT2D eigenvalue weighted by molar-refractivity contribution is 0.325. The van der Waals surface area contributed by atoms with E-state index in [0.717, 1.165) is 37.0 Å². The van der Waals surface area contributed by atoms with Crippen LogP contribution in [0.25, 0.3) is 0 Å². The molecule has 0 bridgehead atoms. The first-order valence-electron chi connectivity index (χ1n) is 8.36. The van der Waals surface area contributed by atoms with Crippen molar-refractivity contribution in [2.45, 2.75) is 11.7 Å². The number of anilines is 1. The highest BCUT2D eigenvalue weighted by Crippen LogP contribution is 2.21. The molecular weight excluding hydrogens is 336 g/mol. The van der Waals surface area contributed by atoms with Crippen LogP contribution in [0.5, 0.6) is 11.6 Å². The van der Waals surface area contributed by atoms with Gasteiger partial charge in [0.2, 0.25) is 5.88 Å². The minimum Gasteiger partial charge on any atom is -0.492 e. The molecule has 7 heteroatoms. The maximum atomic E-state index is 5.85. The highest BCUT2D eigenvalue weighted by atomic mass is 32.2. The van der Waals surface area contributed by atoms with Crippen LogP contribution in [0.15, 0.2) is 36.7 Å². The lowest BCUT2D eigenvalue weighted by Gasteiger charge is -2.18. The van der Waals surface area contributed by atoms with E-state index in [4.69, 9.17) is 9.47 Å². The second-order valence-electron chi connectivity index (χ2n) is 5.92. The predicted molar refractivity (Wildman–Crippen MR) is 102 cm³/mol. The van der Waals surface area contributed by atoms with Gasteiger partial charge in [-0.15, -0.1) is 11.8 Å². The number of hydrogen-bond donors (Lipinski definition) is 1. The SMILES string of the molecule is COc1cc(N(C)CCOc2ccc(CC3CNCS3)cc2)ncn1. The van der Waals surface area contributed by atoms with E-state index < -0.39 is 0 Å². The number of nitrogens with one attached hydrogen (secondary N) is 1. The van der Waals surface area contributed by atoms with Crippen molar-refractivity contribution in [2.24, 2.45) is 0 Å². The summed E-state index contributed by atoms with van der Waals surface area (Å²) in [5.74, 6) is 3.34. The molecule has 25 heavy (non-hydrogen) atoms. The maximum Gasteiger partial charge on any atom is 0.218 e. The molecule has 1 saturated heterocycles. The molecule has 1 atom stereocenters. The van der Waals surface area contributed by atoms with Crippen molar-refractivity contribution in [3.8, 4) is 11.6 Å². The number of nitrogens with zero attached hydrogens (tertiary/aromatic N) is 3. The smallest absolute Gasteiger partial charge is 0.218 e. The Bertz CT molecular complexity index is 662. The van der Waals surface area contributed by atoms with Gasteiger partial charge < -0.3 is 19.7 Å². The fraction of sp³-hybridized carbons (Fsp3) is 0.444. The molecule has 1 aromatic heterocycles. The topological polar surface area (TPSA) is 59.5 Å². The van der Waals surface area contributed by atoms with Crippen molar-refractivity contribution in [1.29, 1.82) is 0 Å². The van der Waals surface area contributed by atoms with Crippen LogP contribution in [0.3, 0.4) is 0 Å². The highest BCUT2D eigenvalue weighted by molar-refractivity contribution is 8.00. The highest BCUT2D eigenvalue weighted by Gasteiger charge is 2.15. The Morgan fingerprint density at radius 3 is 2.84 bits per heavy atom. The molecule has 0 spiro atoms. The Morgan fingerprint density at radius 1 is 1.28 bits per heavy atom. The van der Waals surface area contributed by atoms with Crippen molar-refractivity contribution in [1.82, 2.24) is 15.3 Å². The molecule has 1 unspecified atom stereocenters. The Morgan fingerprint density at radius 2 is 2.12 bits per heavy atom. The van der Waals surface area contributed by atoms with E-state index in [0.29, 0.717) is 17.7 Å². The zero-order chi connectivity index (χ0) is 17.5. The zero-order valence-electron chi connectivity index (χ0n) is 14.6. The van der Waals surface area contributed by atoms with Gasteiger partial charge in [-0.3, -0.25) is 0 Å². The van der Waals surface area contributed by atoms with E-state index in [1.165, 1.54) is 11.9 Å². The zero-order valence-corrected chi connectivity index (χ0v) is 15.5. The molecule has 1 N–H and O–H groups in total. The molecule has 6 nitrogen and oxygen atoms in total. The van der Waals surface area contributed by atoms with Gasteiger partial charge in [-0.25, -0.2) is 9.97 Å². The molecule has 0 saturated carbocycles. The summed E-state index contributed by atoms with van der Waals surface area (Å²) in [4.78, 5) is 10.3. The van der Waals surface area contributed by atoms with Crippen LogP contribution in [0.4, 0.5) is 5.82 Å². The van der Waals surface area contributed by atoms with Crippen LogP contribution in [0, 0.1) is 0 Å². The molecule has 3 rings (SSSR count). The van der Waals surface area contributed by atoms with Gasteiger partial charge >= 0.3 is 0 Å². The van der Waals surface area contributed by atoms with Crippen LogP contribution in [0.1, 0.15) is 5.56 Å². The molecule has 1 aromatic carbocycles. The molecule has 0 radical (unpaired) electrons. The fourth-order valence-corrected chi connectivity index (χ4v) is 3.65. The van der Waals surface area contributed by atoms with Crippen molar-refractivity contribution >= 4 is 17.6 Å². The lowest BCUT2D eigenvalue weighted by Crippen LogP contribution is -2.24. The third-order valence-electron chi connectivity index (χ3n) is 4.10. The van der Waals surface area contributed by atoms with Gasteiger partial charge in [0.15, 0.2) is 0 Å². The van der Waals surface area contributed by atoms with E-state index in [-0.39, 0.29) is 0 Å². The number of thioether (sulfide) groups is 1. The van der Waals surface area contributed by atoms with Crippen LogP contribution in [-0.4, -0.2) is 54.9 Å². The van der Waals surface area contributed by atoms with Gasteiger partial charge in [-0.2, -0.15) is 0 Å². The average Bonchev–Trinajstić information content (AvgIpc) is 3.16. The van der Waals surface area contributed by atoms with Gasteiger partial charge in [0.05, 0.1) is 13.7 Å². The minimum absolute atomic E-state index is 0.559. The summed E-state index contributed by atoms with van der Waals surface area (Å²) in [5, 5.41) is 4.07. The molecule has 0 aliphatic carbocycles.